The van der Waals surface area contributed by atoms with Gasteiger partial charge in [-0.05, 0) is 11.1 Å². The van der Waals surface area contributed by atoms with Gasteiger partial charge in [-0.15, -0.1) is 11.3 Å². The maximum Gasteiger partial charge on any atom is 0.184 e. The van der Waals surface area contributed by atoms with Gasteiger partial charge in [-0.3, -0.25) is 4.99 Å². The van der Waals surface area contributed by atoms with Crippen molar-refractivity contribution in [3.8, 4) is 0 Å². The SMILES string of the molecule is CN=c1sccn1Cc1ccc(CN)cc1. The van der Waals surface area contributed by atoms with Crippen molar-refractivity contribution in [3.63, 3.8) is 0 Å². The van der Waals surface area contributed by atoms with E-state index in [9.17, 15) is 0 Å². The summed E-state index contributed by atoms with van der Waals surface area (Å²) in [4.78, 5) is 5.27. The highest BCUT2D eigenvalue weighted by atomic mass is 32.1. The molecule has 1 heterocycles. The van der Waals surface area contributed by atoms with E-state index in [0.29, 0.717) is 6.54 Å². The highest BCUT2D eigenvalue weighted by molar-refractivity contribution is 7.07. The normalized spacial score (nSPS) is 12.0. The molecule has 0 aliphatic carbocycles. The Morgan fingerprint density at radius 3 is 2.56 bits per heavy atom. The molecule has 3 nitrogen and oxygen atoms in total. The number of benzene rings is 1. The lowest BCUT2D eigenvalue weighted by molar-refractivity contribution is 0.765. The lowest BCUT2D eigenvalue weighted by atomic mass is 10.1. The largest absolute Gasteiger partial charge is 0.326 e. The first-order valence-corrected chi connectivity index (χ1v) is 6.06. The second-order valence-electron chi connectivity index (χ2n) is 3.56. The summed E-state index contributed by atoms with van der Waals surface area (Å²) in [7, 11) is 1.82. The zero-order valence-electron chi connectivity index (χ0n) is 9.26. The second kappa shape index (κ2) is 5.09. The molecule has 0 bridgehead atoms. The maximum absolute atomic E-state index is 5.56. The van der Waals surface area contributed by atoms with Crippen molar-refractivity contribution in [2.45, 2.75) is 13.1 Å². The van der Waals surface area contributed by atoms with Gasteiger partial charge in [-0.1, -0.05) is 24.3 Å². The average Bonchev–Trinajstić information content (AvgIpc) is 2.77. The molecule has 84 valence electrons. The third-order valence-electron chi connectivity index (χ3n) is 2.46. The van der Waals surface area contributed by atoms with E-state index in [2.05, 4.69) is 45.4 Å². The summed E-state index contributed by atoms with van der Waals surface area (Å²) in [6.45, 7) is 1.46. The van der Waals surface area contributed by atoms with E-state index >= 15 is 0 Å². The van der Waals surface area contributed by atoms with Crippen molar-refractivity contribution >= 4 is 11.3 Å². The molecule has 0 amide bonds. The third kappa shape index (κ3) is 2.40. The van der Waals surface area contributed by atoms with Crippen molar-refractivity contribution in [1.29, 1.82) is 0 Å². The van der Waals surface area contributed by atoms with E-state index < -0.39 is 0 Å². The Morgan fingerprint density at radius 1 is 1.25 bits per heavy atom. The Kier molecular flexibility index (Phi) is 3.54. The van der Waals surface area contributed by atoms with E-state index in [1.807, 2.05) is 7.05 Å². The van der Waals surface area contributed by atoms with Crippen LogP contribution in [0.2, 0.25) is 0 Å². The van der Waals surface area contributed by atoms with E-state index in [4.69, 9.17) is 5.73 Å². The predicted molar refractivity (Wildman–Crippen MR) is 67.2 cm³/mol. The van der Waals surface area contributed by atoms with Crippen LogP contribution in [0.3, 0.4) is 0 Å². The van der Waals surface area contributed by atoms with Gasteiger partial charge in [0.15, 0.2) is 4.80 Å². The summed E-state index contributed by atoms with van der Waals surface area (Å²) in [5.41, 5.74) is 8.00. The Morgan fingerprint density at radius 2 is 1.94 bits per heavy atom. The van der Waals surface area contributed by atoms with Gasteiger partial charge in [0.05, 0.1) is 0 Å². The first-order valence-electron chi connectivity index (χ1n) is 5.18. The standard InChI is InChI=1S/C12H15N3S/c1-14-12-15(6-7-16-12)9-11-4-2-10(8-13)3-5-11/h2-7H,8-9,13H2,1H3. The summed E-state index contributed by atoms with van der Waals surface area (Å²) in [5.74, 6) is 0. The molecule has 0 aliphatic heterocycles. The van der Waals surface area contributed by atoms with Crippen molar-refractivity contribution in [1.82, 2.24) is 4.57 Å². The fraction of sp³-hybridized carbons (Fsp3) is 0.250. The number of thiazole rings is 1. The summed E-state index contributed by atoms with van der Waals surface area (Å²) in [5, 5.41) is 2.05. The zero-order chi connectivity index (χ0) is 11.4. The van der Waals surface area contributed by atoms with Crippen LogP contribution in [-0.2, 0) is 13.1 Å². The van der Waals surface area contributed by atoms with Gasteiger partial charge < -0.3 is 10.3 Å². The fourth-order valence-electron chi connectivity index (χ4n) is 1.58. The molecule has 0 saturated carbocycles. The summed E-state index contributed by atoms with van der Waals surface area (Å²) in [6.07, 6.45) is 2.06. The quantitative estimate of drug-likeness (QED) is 0.859. The molecule has 0 aliphatic rings. The molecule has 0 radical (unpaired) electrons. The van der Waals surface area contributed by atoms with Gasteiger partial charge in [0, 0.05) is 31.7 Å². The second-order valence-corrected chi connectivity index (χ2v) is 4.43. The highest BCUT2D eigenvalue weighted by Gasteiger charge is 1.97. The van der Waals surface area contributed by atoms with E-state index in [0.717, 1.165) is 11.3 Å². The monoisotopic (exact) mass is 233 g/mol. The zero-order valence-corrected chi connectivity index (χ0v) is 10.1. The lowest BCUT2D eigenvalue weighted by Crippen LogP contribution is -2.14. The average molecular weight is 233 g/mol. The molecular formula is C12H15N3S. The first-order chi connectivity index (χ1) is 7.83. The maximum atomic E-state index is 5.56. The molecule has 0 unspecified atom stereocenters. The topological polar surface area (TPSA) is 43.3 Å². The highest BCUT2D eigenvalue weighted by Crippen LogP contribution is 2.05. The molecule has 16 heavy (non-hydrogen) atoms. The number of nitrogens with zero attached hydrogens (tertiary/aromatic N) is 2. The summed E-state index contributed by atoms with van der Waals surface area (Å²) in [6, 6.07) is 8.38. The molecular weight excluding hydrogens is 218 g/mol. The number of hydrogen-bond donors (Lipinski definition) is 1. The van der Waals surface area contributed by atoms with Crippen LogP contribution in [0.5, 0.6) is 0 Å². The minimum absolute atomic E-state index is 0.599. The number of rotatable bonds is 3. The Hall–Kier alpha value is -1.39. The van der Waals surface area contributed by atoms with Crippen LogP contribution in [0, 0.1) is 0 Å². The van der Waals surface area contributed by atoms with Crippen molar-refractivity contribution < 1.29 is 0 Å². The van der Waals surface area contributed by atoms with Crippen LogP contribution in [0.4, 0.5) is 0 Å². The molecule has 2 rings (SSSR count). The molecule has 2 N–H and O–H groups in total. The van der Waals surface area contributed by atoms with E-state index in [1.165, 1.54) is 11.1 Å². The summed E-state index contributed by atoms with van der Waals surface area (Å²) < 4.78 is 2.14. The molecule has 0 fully saturated rings. The Bertz CT molecular complexity index is 508. The van der Waals surface area contributed by atoms with Gasteiger partial charge in [0.1, 0.15) is 0 Å². The van der Waals surface area contributed by atoms with Gasteiger partial charge in [0.2, 0.25) is 0 Å². The third-order valence-corrected chi connectivity index (χ3v) is 3.35. The van der Waals surface area contributed by atoms with Crippen LogP contribution >= 0.6 is 11.3 Å². The first kappa shape index (κ1) is 11.1. The molecule has 1 aromatic heterocycles. The lowest BCUT2D eigenvalue weighted by Gasteiger charge is -2.04. The molecule has 4 heteroatoms. The molecule has 0 spiro atoms. The fourth-order valence-corrected chi connectivity index (χ4v) is 2.27. The Balaban J connectivity index is 2.21. The van der Waals surface area contributed by atoms with Crippen LogP contribution in [0.1, 0.15) is 11.1 Å². The van der Waals surface area contributed by atoms with Crippen LogP contribution in [-0.4, -0.2) is 11.6 Å². The van der Waals surface area contributed by atoms with Crippen LogP contribution in [0.15, 0.2) is 40.8 Å². The van der Waals surface area contributed by atoms with Crippen LogP contribution < -0.4 is 10.5 Å². The molecule has 1 aromatic carbocycles. The number of hydrogen-bond acceptors (Lipinski definition) is 3. The number of aromatic nitrogens is 1. The minimum atomic E-state index is 0.599. The van der Waals surface area contributed by atoms with Crippen molar-refractivity contribution in [2.24, 2.45) is 10.7 Å². The molecule has 2 aromatic rings. The van der Waals surface area contributed by atoms with Crippen molar-refractivity contribution in [2.75, 3.05) is 7.05 Å². The van der Waals surface area contributed by atoms with Gasteiger partial charge in [-0.25, -0.2) is 0 Å². The smallest absolute Gasteiger partial charge is 0.184 e. The summed E-state index contributed by atoms with van der Waals surface area (Å²) >= 11 is 1.65. The van der Waals surface area contributed by atoms with Crippen LogP contribution in [0.25, 0.3) is 0 Å². The predicted octanol–water partition coefficient (Wildman–Crippen LogP) is 1.59. The molecule has 0 saturated heterocycles. The Labute approximate surface area is 98.9 Å². The van der Waals surface area contributed by atoms with Gasteiger partial charge in [0.25, 0.3) is 0 Å². The number of nitrogens with two attached hydrogens (primary N) is 1. The van der Waals surface area contributed by atoms with Gasteiger partial charge in [-0.2, -0.15) is 0 Å². The minimum Gasteiger partial charge on any atom is -0.326 e. The molecule has 0 atom stereocenters. The van der Waals surface area contributed by atoms with E-state index in [1.54, 1.807) is 11.3 Å². The van der Waals surface area contributed by atoms with Crippen molar-refractivity contribution in [3.05, 3.63) is 51.8 Å². The van der Waals surface area contributed by atoms with E-state index in [-0.39, 0.29) is 0 Å². The van der Waals surface area contributed by atoms with Gasteiger partial charge >= 0.3 is 0 Å².